The summed E-state index contributed by atoms with van der Waals surface area (Å²) in [5.41, 5.74) is 2.50. The van der Waals surface area contributed by atoms with Gasteiger partial charge in [-0.05, 0) is 0 Å². The molecule has 0 saturated heterocycles. The summed E-state index contributed by atoms with van der Waals surface area (Å²) in [5.74, 6) is 0. The van der Waals surface area contributed by atoms with Crippen LogP contribution in [-0.2, 0) is 20.0 Å². The predicted octanol–water partition coefficient (Wildman–Crippen LogP) is 1.09. The van der Waals surface area contributed by atoms with E-state index in [1.165, 1.54) is 11.1 Å². The van der Waals surface area contributed by atoms with Gasteiger partial charge in [0.2, 0.25) is 0 Å². The van der Waals surface area contributed by atoms with Crippen molar-refractivity contribution in [2.75, 3.05) is 0 Å². The first-order valence-corrected chi connectivity index (χ1v) is 3.66. The number of aryl methyl sites for hydroxylation is 1. The van der Waals surface area contributed by atoms with Crippen molar-refractivity contribution >= 4 is 4.31 Å². The second kappa shape index (κ2) is 3.04. The van der Waals surface area contributed by atoms with E-state index >= 15 is 0 Å². The molecule has 0 aliphatic heterocycles. The van der Waals surface area contributed by atoms with Gasteiger partial charge in [0.05, 0.1) is 0 Å². The maximum atomic E-state index is 3.99. The van der Waals surface area contributed by atoms with Crippen molar-refractivity contribution in [1.29, 1.82) is 0 Å². The Morgan fingerprint density at radius 1 is 1.67 bits per heavy atom. The van der Waals surface area contributed by atoms with Gasteiger partial charge in [0.15, 0.2) is 0 Å². The quantitative estimate of drug-likeness (QED) is 0.550. The maximum absolute atomic E-state index is 3.99. The van der Waals surface area contributed by atoms with Crippen LogP contribution in [0.2, 0.25) is 0 Å². The van der Waals surface area contributed by atoms with E-state index in [1.54, 1.807) is 0 Å². The van der Waals surface area contributed by atoms with Crippen LogP contribution in [0, 0.1) is 6.92 Å². The Bertz CT molecular complexity index is 220. The first kappa shape index (κ1) is 6.85. The molecule has 0 atom stereocenters. The molecule has 0 radical (unpaired) electrons. The Labute approximate surface area is 66.0 Å². The van der Waals surface area contributed by atoms with Gasteiger partial charge in [-0.3, -0.25) is 0 Å². The molecule has 0 unspecified atom stereocenters. The van der Waals surface area contributed by atoms with Crippen LogP contribution in [0.4, 0.5) is 0 Å². The molecule has 0 aliphatic rings. The summed E-state index contributed by atoms with van der Waals surface area (Å²) in [6, 6.07) is 2.01. The zero-order valence-corrected chi connectivity index (χ0v) is 6.82. The van der Waals surface area contributed by atoms with Gasteiger partial charge in [0, 0.05) is 0 Å². The van der Waals surface area contributed by atoms with E-state index in [0.717, 1.165) is 0 Å². The Morgan fingerprint density at radius 3 is 2.89 bits per heavy atom. The molecule has 2 heteroatoms. The first-order chi connectivity index (χ1) is 4.34. The molecule has 1 nitrogen and oxygen atoms in total. The van der Waals surface area contributed by atoms with E-state index in [4.69, 9.17) is 0 Å². The number of nitrogens with zero attached hydrogens (tertiary/aromatic N) is 1. The van der Waals surface area contributed by atoms with Crippen molar-refractivity contribution in [1.82, 2.24) is 4.98 Å². The fourth-order valence-electron chi connectivity index (χ4n) is 0.627. The average Bonchev–Trinajstić information content (AvgIpc) is 1.89. The minimum atomic E-state index is 1.22. The molecule has 0 aromatic carbocycles. The molecule has 1 aromatic rings. The van der Waals surface area contributed by atoms with Crippen molar-refractivity contribution < 1.29 is 20.0 Å². The second-order valence-electron chi connectivity index (χ2n) is 1.88. The van der Waals surface area contributed by atoms with E-state index in [2.05, 4.69) is 16.2 Å². The van der Waals surface area contributed by atoms with Gasteiger partial charge in [-0.25, -0.2) is 0 Å². The van der Waals surface area contributed by atoms with Crippen LogP contribution in [0.25, 0.3) is 0 Å². The average molecular weight is 153 g/mol. The summed E-state index contributed by atoms with van der Waals surface area (Å²) in [6.07, 6.45) is 3.68. The van der Waals surface area contributed by atoms with Gasteiger partial charge in [-0.15, -0.1) is 0 Å². The molecule has 0 amide bonds. The van der Waals surface area contributed by atoms with Gasteiger partial charge in [-0.1, -0.05) is 0 Å². The second-order valence-corrected chi connectivity index (χ2v) is 2.33. The molecule has 0 aliphatic carbocycles. The van der Waals surface area contributed by atoms with Crippen LogP contribution in [0.15, 0.2) is 18.5 Å². The van der Waals surface area contributed by atoms with Gasteiger partial charge >= 0.3 is 65.8 Å². The first-order valence-electron chi connectivity index (χ1n) is 2.75. The van der Waals surface area contributed by atoms with Crippen molar-refractivity contribution in [3.63, 3.8) is 0 Å². The molecule has 1 aromatic heterocycles. The van der Waals surface area contributed by atoms with Gasteiger partial charge in [0.25, 0.3) is 0 Å². The zero-order chi connectivity index (χ0) is 6.69. The molecular formula is C7H7NTi. The number of hydrogen-bond acceptors (Lipinski definition) is 1. The van der Waals surface area contributed by atoms with E-state index < -0.39 is 0 Å². The van der Waals surface area contributed by atoms with Crippen LogP contribution in [-0.4, -0.2) is 9.30 Å². The number of hydrogen-bond donors (Lipinski definition) is 0. The van der Waals surface area contributed by atoms with Crippen molar-refractivity contribution in [3.05, 3.63) is 29.6 Å². The standard InChI is InChI=1S/C7H7N.Ti/c1-6-3-4-8-5-7(6)2;/h2-5H,1H3;. The fourth-order valence-corrected chi connectivity index (χ4v) is 1.10. The third-order valence-corrected chi connectivity index (χ3v) is 1.72. The van der Waals surface area contributed by atoms with Crippen molar-refractivity contribution in [2.45, 2.75) is 6.92 Å². The molecule has 0 N–H and O–H groups in total. The van der Waals surface area contributed by atoms with Crippen LogP contribution >= 0.6 is 0 Å². The number of rotatable bonds is 1. The van der Waals surface area contributed by atoms with Crippen molar-refractivity contribution in [3.8, 4) is 0 Å². The van der Waals surface area contributed by atoms with Crippen LogP contribution in [0.3, 0.4) is 0 Å². The molecule has 0 saturated carbocycles. The van der Waals surface area contributed by atoms with Crippen LogP contribution in [0.1, 0.15) is 11.1 Å². The van der Waals surface area contributed by atoms with Crippen LogP contribution < -0.4 is 0 Å². The number of aromatic nitrogens is 1. The van der Waals surface area contributed by atoms with E-state index in [1.807, 2.05) is 38.4 Å². The Hall–Kier alpha value is -0.266. The molecule has 0 spiro atoms. The molecular weight excluding hydrogens is 146 g/mol. The summed E-state index contributed by atoms with van der Waals surface area (Å²) in [5, 5.41) is 0. The SMILES string of the molecule is Cc1ccncc1[CH]=[Ti]. The summed E-state index contributed by atoms with van der Waals surface area (Å²) >= 11 is 2.02. The van der Waals surface area contributed by atoms with E-state index in [0.29, 0.717) is 0 Å². The molecule has 1 rings (SSSR count). The Kier molecular flexibility index (Phi) is 2.32. The van der Waals surface area contributed by atoms with Crippen LogP contribution in [0.5, 0.6) is 0 Å². The zero-order valence-electron chi connectivity index (χ0n) is 5.26. The molecule has 1 heterocycles. The topological polar surface area (TPSA) is 12.9 Å². The summed E-state index contributed by atoms with van der Waals surface area (Å²) < 4.78 is 2.06. The molecule has 9 heavy (non-hydrogen) atoms. The van der Waals surface area contributed by atoms with Gasteiger partial charge in [-0.2, -0.15) is 0 Å². The third kappa shape index (κ3) is 1.57. The predicted molar refractivity (Wildman–Crippen MR) is 34.1 cm³/mol. The van der Waals surface area contributed by atoms with Crippen molar-refractivity contribution in [2.24, 2.45) is 0 Å². The fraction of sp³-hybridized carbons (Fsp3) is 0.143. The molecule has 0 bridgehead atoms. The van der Waals surface area contributed by atoms with E-state index in [9.17, 15) is 0 Å². The summed E-state index contributed by atoms with van der Waals surface area (Å²) in [6.45, 7) is 2.08. The van der Waals surface area contributed by atoms with Gasteiger partial charge in [0.1, 0.15) is 0 Å². The summed E-state index contributed by atoms with van der Waals surface area (Å²) in [4.78, 5) is 3.99. The number of pyridine rings is 1. The van der Waals surface area contributed by atoms with E-state index in [-0.39, 0.29) is 0 Å². The Balaban J connectivity index is 3.15. The third-order valence-electron chi connectivity index (χ3n) is 1.24. The molecule has 0 fully saturated rings. The van der Waals surface area contributed by atoms with Gasteiger partial charge < -0.3 is 0 Å². The Morgan fingerprint density at radius 2 is 2.44 bits per heavy atom. The minimum absolute atomic E-state index is 1.22. The summed E-state index contributed by atoms with van der Waals surface area (Å²) in [7, 11) is 0. The normalized spacial score (nSPS) is 8.89. The molecule has 44 valence electrons. The monoisotopic (exact) mass is 153 g/mol.